The van der Waals surface area contributed by atoms with Crippen LogP contribution in [0.5, 0.6) is 0 Å². The van der Waals surface area contributed by atoms with E-state index in [1.54, 1.807) is 12.1 Å². The van der Waals surface area contributed by atoms with E-state index in [1.807, 2.05) is 45.0 Å². The van der Waals surface area contributed by atoms with Crippen LogP contribution < -0.4 is 16.0 Å². The summed E-state index contributed by atoms with van der Waals surface area (Å²) in [4.78, 5) is 28.5. The standard InChI is InChI=1S/C20H22N4O2S/c1-12(2)22-19(26)21-11-14-5-7-15(8-6-14)18(25)24-20-23-16-9-4-13(3)10-17(16)27-20/h4-10,12H,11H2,1-3H3,(H2,21,22,26)(H,23,24,25). The van der Waals surface area contributed by atoms with Crippen molar-refractivity contribution in [1.82, 2.24) is 15.6 Å². The lowest BCUT2D eigenvalue weighted by atomic mass is 10.1. The van der Waals surface area contributed by atoms with Gasteiger partial charge in [-0.3, -0.25) is 10.1 Å². The fourth-order valence-electron chi connectivity index (χ4n) is 2.52. The molecule has 3 N–H and O–H groups in total. The third-order valence-corrected chi connectivity index (χ3v) is 4.79. The number of carbonyl (C=O) groups excluding carboxylic acids is 2. The van der Waals surface area contributed by atoms with Gasteiger partial charge in [0.25, 0.3) is 5.91 Å². The van der Waals surface area contributed by atoms with Crippen LogP contribution in [0, 0.1) is 6.92 Å². The number of anilines is 1. The molecule has 3 rings (SSSR count). The minimum Gasteiger partial charge on any atom is -0.336 e. The Kier molecular flexibility index (Phi) is 5.71. The van der Waals surface area contributed by atoms with Crippen molar-refractivity contribution in [2.75, 3.05) is 5.32 Å². The van der Waals surface area contributed by atoms with Gasteiger partial charge in [0.05, 0.1) is 10.2 Å². The highest BCUT2D eigenvalue weighted by Crippen LogP contribution is 2.27. The van der Waals surface area contributed by atoms with Crippen molar-refractivity contribution in [1.29, 1.82) is 0 Å². The van der Waals surface area contributed by atoms with Crippen molar-refractivity contribution in [3.8, 4) is 0 Å². The third kappa shape index (κ3) is 5.04. The van der Waals surface area contributed by atoms with Crippen LogP contribution in [0.4, 0.5) is 9.93 Å². The highest BCUT2D eigenvalue weighted by atomic mass is 32.1. The normalized spacial score (nSPS) is 10.8. The molecule has 3 amide bonds. The van der Waals surface area contributed by atoms with Crippen molar-refractivity contribution in [2.24, 2.45) is 0 Å². The SMILES string of the molecule is Cc1ccc2nc(NC(=O)c3ccc(CNC(=O)NC(C)C)cc3)sc2c1. The van der Waals surface area contributed by atoms with Crippen molar-refractivity contribution < 1.29 is 9.59 Å². The largest absolute Gasteiger partial charge is 0.336 e. The first kappa shape index (κ1) is 18.8. The van der Waals surface area contributed by atoms with Gasteiger partial charge in [0.2, 0.25) is 0 Å². The molecular formula is C20H22N4O2S. The van der Waals surface area contributed by atoms with E-state index in [9.17, 15) is 9.59 Å². The van der Waals surface area contributed by atoms with Crippen LogP contribution in [0.3, 0.4) is 0 Å². The number of fused-ring (bicyclic) bond motifs is 1. The summed E-state index contributed by atoms with van der Waals surface area (Å²) in [5, 5.41) is 8.97. The summed E-state index contributed by atoms with van der Waals surface area (Å²) in [7, 11) is 0. The first-order valence-corrected chi connectivity index (χ1v) is 9.54. The van der Waals surface area contributed by atoms with Crippen LogP contribution in [0.2, 0.25) is 0 Å². The van der Waals surface area contributed by atoms with E-state index >= 15 is 0 Å². The first-order valence-electron chi connectivity index (χ1n) is 8.72. The molecule has 0 bridgehead atoms. The molecule has 0 spiro atoms. The lowest BCUT2D eigenvalue weighted by Crippen LogP contribution is -2.39. The number of benzene rings is 2. The van der Waals surface area contributed by atoms with Crippen LogP contribution in [-0.2, 0) is 6.54 Å². The van der Waals surface area contributed by atoms with Gasteiger partial charge in [-0.05, 0) is 56.2 Å². The van der Waals surface area contributed by atoms with Crippen LogP contribution in [-0.4, -0.2) is 23.0 Å². The van der Waals surface area contributed by atoms with Gasteiger partial charge in [0.1, 0.15) is 0 Å². The number of hydrogen-bond donors (Lipinski definition) is 3. The highest BCUT2D eigenvalue weighted by molar-refractivity contribution is 7.22. The molecule has 0 aliphatic carbocycles. The quantitative estimate of drug-likeness (QED) is 0.622. The maximum absolute atomic E-state index is 12.4. The molecule has 0 atom stereocenters. The second kappa shape index (κ2) is 8.18. The number of nitrogens with one attached hydrogen (secondary N) is 3. The summed E-state index contributed by atoms with van der Waals surface area (Å²) in [6, 6.07) is 13.0. The number of aromatic nitrogens is 1. The number of carbonyl (C=O) groups is 2. The average Bonchev–Trinajstić information content (AvgIpc) is 3.01. The Balaban J connectivity index is 1.60. The Labute approximate surface area is 162 Å². The molecule has 6 nitrogen and oxygen atoms in total. The second-order valence-corrected chi connectivity index (χ2v) is 7.65. The van der Waals surface area contributed by atoms with Gasteiger partial charge in [0.15, 0.2) is 5.13 Å². The van der Waals surface area contributed by atoms with Crippen molar-refractivity contribution in [3.63, 3.8) is 0 Å². The van der Waals surface area contributed by atoms with Crippen LogP contribution >= 0.6 is 11.3 Å². The Bertz CT molecular complexity index is 964. The van der Waals surface area contributed by atoms with Gasteiger partial charge in [-0.1, -0.05) is 29.5 Å². The molecule has 0 aliphatic heterocycles. The van der Waals surface area contributed by atoms with Crippen molar-refractivity contribution in [3.05, 3.63) is 59.2 Å². The van der Waals surface area contributed by atoms with Crippen LogP contribution in [0.1, 0.15) is 35.3 Å². The van der Waals surface area contributed by atoms with Gasteiger partial charge in [-0.25, -0.2) is 9.78 Å². The summed E-state index contributed by atoms with van der Waals surface area (Å²) < 4.78 is 1.05. The Hall–Kier alpha value is -2.93. The van der Waals surface area contributed by atoms with Crippen molar-refractivity contribution in [2.45, 2.75) is 33.4 Å². The Morgan fingerprint density at radius 2 is 1.85 bits per heavy atom. The first-order chi connectivity index (χ1) is 12.9. The van der Waals surface area contributed by atoms with E-state index in [4.69, 9.17) is 0 Å². The maximum Gasteiger partial charge on any atom is 0.315 e. The van der Waals surface area contributed by atoms with E-state index in [1.165, 1.54) is 11.3 Å². The Morgan fingerprint density at radius 1 is 1.11 bits per heavy atom. The number of urea groups is 1. The number of amides is 3. The topological polar surface area (TPSA) is 83.1 Å². The van der Waals surface area contributed by atoms with Gasteiger partial charge in [0, 0.05) is 18.2 Å². The van der Waals surface area contributed by atoms with E-state index in [-0.39, 0.29) is 18.0 Å². The minimum atomic E-state index is -0.210. The molecule has 0 fully saturated rings. The number of aryl methyl sites for hydroxylation is 1. The highest BCUT2D eigenvalue weighted by Gasteiger charge is 2.10. The molecule has 0 unspecified atom stereocenters. The van der Waals surface area contributed by atoms with Crippen molar-refractivity contribution >= 4 is 38.6 Å². The maximum atomic E-state index is 12.4. The molecule has 27 heavy (non-hydrogen) atoms. The molecular weight excluding hydrogens is 360 g/mol. The summed E-state index contributed by atoms with van der Waals surface area (Å²) in [5.41, 5.74) is 3.50. The molecule has 7 heteroatoms. The zero-order valence-corrected chi connectivity index (χ0v) is 16.3. The predicted molar refractivity (Wildman–Crippen MR) is 109 cm³/mol. The Morgan fingerprint density at radius 3 is 2.56 bits per heavy atom. The lowest BCUT2D eigenvalue weighted by Gasteiger charge is -2.10. The minimum absolute atomic E-state index is 0.0856. The molecule has 0 aliphatic rings. The van der Waals surface area contributed by atoms with E-state index < -0.39 is 0 Å². The summed E-state index contributed by atoms with van der Waals surface area (Å²) in [6.45, 7) is 6.23. The van der Waals surface area contributed by atoms with Crippen LogP contribution in [0.15, 0.2) is 42.5 Å². The smallest absolute Gasteiger partial charge is 0.315 e. The number of rotatable bonds is 5. The van der Waals surface area contributed by atoms with Crippen LogP contribution in [0.25, 0.3) is 10.2 Å². The third-order valence-electron chi connectivity index (χ3n) is 3.85. The van der Waals surface area contributed by atoms with E-state index in [0.717, 1.165) is 21.3 Å². The van der Waals surface area contributed by atoms with Gasteiger partial charge in [-0.2, -0.15) is 0 Å². The molecule has 0 saturated carbocycles. The fourth-order valence-corrected chi connectivity index (χ4v) is 3.48. The fraction of sp³-hybridized carbons (Fsp3) is 0.250. The summed E-state index contributed by atoms with van der Waals surface area (Å²) in [5.74, 6) is -0.206. The van der Waals surface area contributed by atoms with Gasteiger partial charge >= 0.3 is 6.03 Å². The van der Waals surface area contributed by atoms with E-state index in [0.29, 0.717) is 17.2 Å². The molecule has 1 aromatic heterocycles. The van der Waals surface area contributed by atoms with Gasteiger partial charge < -0.3 is 10.6 Å². The average molecular weight is 382 g/mol. The second-order valence-electron chi connectivity index (χ2n) is 6.62. The zero-order chi connectivity index (χ0) is 19.4. The molecule has 0 saturated heterocycles. The molecule has 1 heterocycles. The zero-order valence-electron chi connectivity index (χ0n) is 15.5. The number of hydrogen-bond acceptors (Lipinski definition) is 4. The molecule has 0 radical (unpaired) electrons. The summed E-state index contributed by atoms with van der Waals surface area (Å²) in [6.07, 6.45) is 0. The van der Waals surface area contributed by atoms with E-state index in [2.05, 4.69) is 27.0 Å². The summed E-state index contributed by atoms with van der Waals surface area (Å²) >= 11 is 1.46. The monoisotopic (exact) mass is 382 g/mol. The molecule has 140 valence electrons. The molecule has 2 aromatic carbocycles. The number of nitrogens with zero attached hydrogens (tertiary/aromatic N) is 1. The number of thiazole rings is 1. The lowest BCUT2D eigenvalue weighted by molar-refractivity contribution is 0.102. The van der Waals surface area contributed by atoms with Gasteiger partial charge in [-0.15, -0.1) is 0 Å². The molecule has 3 aromatic rings. The predicted octanol–water partition coefficient (Wildman–Crippen LogP) is 4.06.